The monoisotopic (exact) mass is 492 g/mol. The zero-order valence-corrected chi connectivity index (χ0v) is 21.3. The van der Waals surface area contributed by atoms with Gasteiger partial charge in [-0.25, -0.2) is 19.2 Å². The van der Waals surface area contributed by atoms with Crippen LogP contribution in [-0.2, 0) is 4.74 Å². The number of halogens is 1. The number of hydrogen-bond acceptors (Lipinski definition) is 6. The van der Waals surface area contributed by atoms with Gasteiger partial charge < -0.3 is 24.8 Å². The van der Waals surface area contributed by atoms with E-state index in [2.05, 4.69) is 32.2 Å². The van der Waals surface area contributed by atoms with Crippen molar-refractivity contribution in [3.05, 3.63) is 53.7 Å². The second-order valence-electron chi connectivity index (χ2n) is 10.7. The van der Waals surface area contributed by atoms with Crippen molar-refractivity contribution in [3.8, 4) is 0 Å². The van der Waals surface area contributed by atoms with Crippen LogP contribution in [0.1, 0.15) is 50.8 Å². The molecule has 1 saturated heterocycles. The third-order valence-electron chi connectivity index (χ3n) is 6.72. The normalized spacial score (nSPS) is 19.0. The van der Waals surface area contributed by atoms with E-state index < -0.39 is 5.60 Å². The molecule has 0 aliphatic carbocycles. The Kier molecular flexibility index (Phi) is 6.42. The third kappa shape index (κ3) is 5.21. The Morgan fingerprint density at radius 1 is 1.22 bits per heavy atom. The summed E-state index contributed by atoms with van der Waals surface area (Å²) in [5.41, 5.74) is 3.82. The number of nitrogens with one attached hydrogen (secondary N) is 2. The predicted octanol–water partition coefficient (Wildman–Crippen LogP) is 5.28. The Labute approximate surface area is 210 Å². The highest BCUT2D eigenvalue weighted by atomic mass is 19.1. The van der Waals surface area contributed by atoms with Crippen LogP contribution in [0.2, 0.25) is 0 Å². The topological polar surface area (TPSA) is 86.4 Å². The summed E-state index contributed by atoms with van der Waals surface area (Å²) >= 11 is 0. The largest absolute Gasteiger partial charge is 0.444 e. The van der Waals surface area contributed by atoms with E-state index in [1.165, 1.54) is 12.4 Å². The van der Waals surface area contributed by atoms with Crippen molar-refractivity contribution >= 4 is 34.2 Å². The Morgan fingerprint density at radius 2 is 2.06 bits per heavy atom. The molecule has 5 rings (SSSR count). The van der Waals surface area contributed by atoms with Gasteiger partial charge in [-0.05, 0) is 82.6 Å². The molecule has 0 radical (unpaired) electrons. The van der Waals surface area contributed by atoms with Crippen LogP contribution in [0.15, 0.2) is 36.7 Å². The lowest BCUT2D eigenvalue weighted by atomic mass is 9.97. The van der Waals surface area contributed by atoms with E-state index in [1.807, 2.05) is 39.0 Å². The zero-order chi connectivity index (χ0) is 25.4. The Hall–Kier alpha value is -3.46. The summed E-state index contributed by atoms with van der Waals surface area (Å²) < 4.78 is 20.1. The third-order valence-corrected chi connectivity index (χ3v) is 6.72. The van der Waals surface area contributed by atoms with E-state index in [0.717, 1.165) is 53.1 Å². The number of hydrogen-bond donors (Lipinski definition) is 2. The summed E-state index contributed by atoms with van der Waals surface area (Å²) in [6, 6.07) is 7.20. The first-order chi connectivity index (χ1) is 17.2. The predicted molar refractivity (Wildman–Crippen MR) is 139 cm³/mol. The lowest BCUT2D eigenvalue weighted by Gasteiger charge is -2.29. The van der Waals surface area contributed by atoms with Gasteiger partial charge in [-0.2, -0.15) is 0 Å². The molecule has 8 nitrogen and oxygen atoms in total. The van der Waals surface area contributed by atoms with Crippen LogP contribution in [0.5, 0.6) is 0 Å². The van der Waals surface area contributed by atoms with Crippen molar-refractivity contribution in [2.75, 3.05) is 38.5 Å². The highest BCUT2D eigenvalue weighted by Gasteiger charge is 2.25. The second kappa shape index (κ2) is 9.54. The number of anilines is 2. The molecule has 0 spiro atoms. The summed E-state index contributed by atoms with van der Waals surface area (Å²) in [5, 5.41) is 4.22. The SMILES string of the molecule is CN1CCC(c2cc(Nc3ncnc4[nH]c(C5=CCN(C(=O)OC(C)(C)C)CC5)cc34)ccc2F)C1. The van der Waals surface area contributed by atoms with Gasteiger partial charge in [-0.3, -0.25) is 0 Å². The number of carbonyl (C=O) groups excluding carboxylic acids is 1. The number of carbonyl (C=O) groups is 1. The van der Waals surface area contributed by atoms with Gasteiger partial charge in [0.1, 0.15) is 29.2 Å². The molecule has 1 fully saturated rings. The number of nitrogens with zero attached hydrogens (tertiary/aromatic N) is 4. The van der Waals surface area contributed by atoms with Crippen LogP contribution in [-0.4, -0.2) is 69.7 Å². The maximum absolute atomic E-state index is 14.6. The summed E-state index contributed by atoms with van der Waals surface area (Å²) in [5.74, 6) is 0.692. The minimum atomic E-state index is -0.515. The van der Waals surface area contributed by atoms with Gasteiger partial charge in [0, 0.05) is 36.9 Å². The molecule has 1 unspecified atom stereocenters. The van der Waals surface area contributed by atoms with Crippen LogP contribution in [0, 0.1) is 5.82 Å². The smallest absolute Gasteiger partial charge is 0.410 e. The van der Waals surface area contributed by atoms with Crippen LogP contribution in [0.25, 0.3) is 16.6 Å². The fraction of sp³-hybridized carbons (Fsp3) is 0.444. The van der Waals surface area contributed by atoms with Crippen molar-refractivity contribution in [2.24, 2.45) is 0 Å². The van der Waals surface area contributed by atoms with Gasteiger partial charge in [0.25, 0.3) is 0 Å². The number of H-pyrrole nitrogens is 1. The molecule has 0 saturated carbocycles. The first-order valence-electron chi connectivity index (χ1n) is 12.4. The lowest BCUT2D eigenvalue weighted by Crippen LogP contribution is -2.39. The van der Waals surface area contributed by atoms with E-state index in [1.54, 1.807) is 11.0 Å². The van der Waals surface area contributed by atoms with Crippen molar-refractivity contribution in [1.82, 2.24) is 24.8 Å². The maximum atomic E-state index is 14.6. The highest BCUT2D eigenvalue weighted by molar-refractivity contribution is 5.92. The van der Waals surface area contributed by atoms with Crippen molar-refractivity contribution in [1.29, 1.82) is 0 Å². The minimum absolute atomic E-state index is 0.165. The molecule has 1 atom stereocenters. The number of aromatic amines is 1. The highest BCUT2D eigenvalue weighted by Crippen LogP contribution is 2.33. The molecular weight excluding hydrogens is 459 g/mol. The first-order valence-corrected chi connectivity index (χ1v) is 12.4. The number of fused-ring (bicyclic) bond motifs is 1. The molecule has 190 valence electrons. The Morgan fingerprint density at radius 3 is 2.75 bits per heavy atom. The van der Waals surface area contributed by atoms with Gasteiger partial charge in [0.2, 0.25) is 0 Å². The number of ether oxygens (including phenoxy) is 1. The molecule has 2 aliphatic rings. The van der Waals surface area contributed by atoms with Gasteiger partial charge in [0.05, 0.1) is 5.39 Å². The minimum Gasteiger partial charge on any atom is -0.444 e. The number of benzene rings is 1. The van der Waals surface area contributed by atoms with Crippen LogP contribution in [0.4, 0.5) is 20.7 Å². The number of likely N-dealkylation sites (tertiary alicyclic amines) is 1. The quantitative estimate of drug-likeness (QED) is 0.515. The van der Waals surface area contributed by atoms with Gasteiger partial charge in [0.15, 0.2) is 0 Å². The molecule has 2 aliphatic heterocycles. The number of rotatable bonds is 4. The van der Waals surface area contributed by atoms with Crippen LogP contribution >= 0.6 is 0 Å². The molecule has 9 heteroatoms. The van der Waals surface area contributed by atoms with Crippen molar-refractivity contribution in [3.63, 3.8) is 0 Å². The second-order valence-corrected chi connectivity index (χ2v) is 10.7. The van der Waals surface area contributed by atoms with E-state index in [9.17, 15) is 9.18 Å². The number of likely N-dealkylation sites (N-methyl/N-ethyl adjacent to an activating group) is 1. The van der Waals surface area contributed by atoms with Crippen LogP contribution in [0.3, 0.4) is 0 Å². The summed E-state index contributed by atoms with van der Waals surface area (Å²) in [4.78, 5) is 28.6. The number of aromatic nitrogens is 3. The molecule has 1 aromatic carbocycles. The van der Waals surface area contributed by atoms with E-state index in [4.69, 9.17) is 4.74 Å². The van der Waals surface area contributed by atoms with Crippen molar-refractivity contribution in [2.45, 2.75) is 45.1 Å². The fourth-order valence-corrected chi connectivity index (χ4v) is 4.88. The van der Waals surface area contributed by atoms with Crippen molar-refractivity contribution < 1.29 is 13.9 Å². The molecular formula is C27H33FN6O2. The van der Waals surface area contributed by atoms with E-state index >= 15 is 0 Å². The summed E-state index contributed by atoms with van der Waals surface area (Å²) in [6.45, 7) is 8.52. The lowest BCUT2D eigenvalue weighted by molar-refractivity contribution is 0.0270. The summed E-state index contributed by atoms with van der Waals surface area (Å²) in [7, 11) is 2.07. The molecule has 0 bridgehead atoms. The molecule has 3 aromatic rings. The number of amides is 1. The zero-order valence-electron chi connectivity index (χ0n) is 21.3. The van der Waals surface area contributed by atoms with E-state index in [-0.39, 0.29) is 17.8 Å². The van der Waals surface area contributed by atoms with Gasteiger partial charge in [-0.15, -0.1) is 0 Å². The average Bonchev–Trinajstić information content (AvgIpc) is 3.46. The van der Waals surface area contributed by atoms with Gasteiger partial charge in [-0.1, -0.05) is 6.08 Å². The van der Waals surface area contributed by atoms with Gasteiger partial charge >= 0.3 is 6.09 Å². The molecule has 1 amide bonds. The Balaban J connectivity index is 1.35. The standard InChI is InChI=1S/C27H33FN6O2/c1-27(2,3)36-26(35)34-11-8-17(9-12-34)23-14-21-24(29-16-30-25(21)32-23)31-19-5-6-22(28)20(13-19)18-7-10-33(4)15-18/h5-6,8,13-14,16,18H,7,9-12,15H2,1-4H3,(H2,29,30,31,32). The fourth-order valence-electron chi connectivity index (χ4n) is 4.88. The summed E-state index contributed by atoms with van der Waals surface area (Å²) in [6.07, 6.45) is 4.93. The molecule has 2 aromatic heterocycles. The molecule has 2 N–H and O–H groups in total. The maximum Gasteiger partial charge on any atom is 0.410 e. The molecule has 4 heterocycles. The first kappa shape index (κ1) is 24.2. The molecule has 36 heavy (non-hydrogen) atoms. The van der Waals surface area contributed by atoms with Crippen LogP contribution < -0.4 is 5.32 Å². The average molecular weight is 493 g/mol. The Bertz CT molecular complexity index is 1310. The van der Waals surface area contributed by atoms with E-state index in [0.29, 0.717) is 25.3 Å².